The summed E-state index contributed by atoms with van der Waals surface area (Å²) in [5, 5.41) is 15.1. The molecule has 146 valence electrons. The van der Waals surface area contributed by atoms with E-state index in [1.54, 1.807) is 31.5 Å². The predicted octanol–water partition coefficient (Wildman–Crippen LogP) is 5.00. The van der Waals surface area contributed by atoms with Gasteiger partial charge in [0.25, 0.3) is 0 Å². The van der Waals surface area contributed by atoms with Crippen molar-refractivity contribution in [2.24, 2.45) is 0 Å². The average Bonchev–Trinajstić information content (AvgIpc) is 2.73. The van der Waals surface area contributed by atoms with Gasteiger partial charge in [-0.05, 0) is 30.7 Å². The van der Waals surface area contributed by atoms with Gasteiger partial charge in [0.2, 0.25) is 5.91 Å². The van der Waals surface area contributed by atoms with Crippen molar-refractivity contribution in [1.29, 1.82) is 0 Å². The highest BCUT2D eigenvalue weighted by atomic mass is 35.5. The number of hydrogen-bond acceptors (Lipinski definition) is 4. The molecular formula is C22H23ClN2O3. The third-order valence-corrected chi connectivity index (χ3v) is 4.98. The maximum absolute atomic E-state index is 12.5. The van der Waals surface area contributed by atoms with Gasteiger partial charge in [0.15, 0.2) is 0 Å². The molecule has 0 aliphatic heterocycles. The first-order valence-corrected chi connectivity index (χ1v) is 9.63. The van der Waals surface area contributed by atoms with Crippen LogP contribution in [0.1, 0.15) is 43.4 Å². The molecule has 1 heterocycles. The summed E-state index contributed by atoms with van der Waals surface area (Å²) in [6.07, 6.45) is 3.71. The maximum Gasteiger partial charge on any atom is 0.220 e. The third kappa shape index (κ3) is 4.04. The SMILES string of the molecule is CCCCC(=O)N[C@H](c1ccccc1OC)c1cc(Cl)c2cccnc2c1O. The van der Waals surface area contributed by atoms with Gasteiger partial charge < -0.3 is 15.2 Å². The number of ether oxygens (including phenoxy) is 1. The molecule has 3 rings (SSSR count). The van der Waals surface area contributed by atoms with E-state index < -0.39 is 6.04 Å². The number of carbonyl (C=O) groups is 1. The summed E-state index contributed by atoms with van der Waals surface area (Å²) in [5.41, 5.74) is 1.61. The van der Waals surface area contributed by atoms with Crippen LogP contribution in [-0.2, 0) is 4.79 Å². The number of unbranched alkanes of at least 4 members (excludes halogenated alkanes) is 1. The first-order chi connectivity index (χ1) is 13.6. The van der Waals surface area contributed by atoms with Crippen LogP contribution in [0, 0.1) is 0 Å². The van der Waals surface area contributed by atoms with E-state index in [9.17, 15) is 9.90 Å². The highest BCUT2D eigenvalue weighted by Crippen LogP contribution is 2.40. The molecule has 0 bridgehead atoms. The molecule has 0 saturated heterocycles. The minimum atomic E-state index is -0.621. The Bertz CT molecular complexity index is 991. The molecule has 2 N–H and O–H groups in total. The summed E-state index contributed by atoms with van der Waals surface area (Å²) in [7, 11) is 1.57. The van der Waals surface area contributed by atoms with E-state index in [2.05, 4.69) is 10.3 Å². The lowest BCUT2D eigenvalue weighted by Crippen LogP contribution is -2.29. The van der Waals surface area contributed by atoms with Crippen molar-refractivity contribution < 1.29 is 14.6 Å². The second-order valence-electron chi connectivity index (χ2n) is 6.54. The number of pyridine rings is 1. The number of aromatic hydroxyl groups is 1. The molecule has 0 aliphatic rings. The van der Waals surface area contributed by atoms with Gasteiger partial charge in [-0.15, -0.1) is 0 Å². The van der Waals surface area contributed by atoms with E-state index in [0.717, 1.165) is 18.4 Å². The van der Waals surface area contributed by atoms with Crippen molar-refractivity contribution in [3.05, 3.63) is 64.8 Å². The summed E-state index contributed by atoms with van der Waals surface area (Å²) in [6, 6.07) is 12.0. The number of halogens is 1. The Labute approximate surface area is 169 Å². The lowest BCUT2D eigenvalue weighted by Gasteiger charge is -2.23. The maximum atomic E-state index is 12.5. The number of amides is 1. The fraction of sp³-hybridized carbons (Fsp3) is 0.273. The molecule has 1 atom stereocenters. The number of para-hydroxylation sites is 1. The van der Waals surface area contributed by atoms with Crippen LogP contribution in [0.2, 0.25) is 5.02 Å². The van der Waals surface area contributed by atoms with Gasteiger partial charge in [0.1, 0.15) is 17.0 Å². The second-order valence-corrected chi connectivity index (χ2v) is 6.95. The first-order valence-electron chi connectivity index (χ1n) is 9.25. The van der Waals surface area contributed by atoms with E-state index >= 15 is 0 Å². The van der Waals surface area contributed by atoms with Gasteiger partial charge in [-0.3, -0.25) is 9.78 Å². The number of benzene rings is 2. The Morgan fingerprint density at radius 3 is 2.79 bits per heavy atom. The highest BCUT2D eigenvalue weighted by molar-refractivity contribution is 6.35. The number of carbonyl (C=O) groups excluding carboxylic acids is 1. The second kappa shape index (κ2) is 8.93. The molecule has 0 saturated carbocycles. The molecule has 28 heavy (non-hydrogen) atoms. The molecule has 0 spiro atoms. The smallest absolute Gasteiger partial charge is 0.220 e. The molecule has 0 radical (unpaired) electrons. The molecule has 3 aromatic rings. The van der Waals surface area contributed by atoms with Gasteiger partial charge >= 0.3 is 0 Å². The predicted molar refractivity (Wildman–Crippen MR) is 111 cm³/mol. The molecule has 0 fully saturated rings. The number of phenolic OH excluding ortho intramolecular Hbond substituents is 1. The molecule has 0 aliphatic carbocycles. The Hall–Kier alpha value is -2.79. The molecule has 6 heteroatoms. The fourth-order valence-electron chi connectivity index (χ4n) is 3.22. The Kier molecular flexibility index (Phi) is 6.37. The van der Waals surface area contributed by atoms with Gasteiger partial charge in [0.05, 0.1) is 18.2 Å². The molecule has 0 unspecified atom stereocenters. The van der Waals surface area contributed by atoms with Crippen molar-refractivity contribution >= 4 is 28.4 Å². The monoisotopic (exact) mass is 398 g/mol. The van der Waals surface area contributed by atoms with E-state index in [1.165, 1.54) is 0 Å². The Morgan fingerprint density at radius 1 is 1.25 bits per heavy atom. The molecule has 5 nitrogen and oxygen atoms in total. The van der Waals surface area contributed by atoms with Crippen molar-refractivity contribution in [2.75, 3.05) is 7.11 Å². The summed E-state index contributed by atoms with van der Waals surface area (Å²) in [6.45, 7) is 2.03. The minimum absolute atomic E-state index is 0.00769. The fourth-order valence-corrected chi connectivity index (χ4v) is 3.49. The van der Waals surface area contributed by atoms with Crippen molar-refractivity contribution in [3.63, 3.8) is 0 Å². The van der Waals surface area contributed by atoms with Gasteiger partial charge in [-0.25, -0.2) is 0 Å². The number of nitrogens with zero attached hydrogens (tertiary/aromatic N) is 1. The number of phenols is 1. The van der Waals surface area contributed by atoms with E-state index in [4.69, 9.17) is 16.3 Å². The van der Waals surface area contributed by atoms with Crippen LogP contribution in [0.25, 0.3) is 10.9 Å². The Morgan fingerprint density at radius 2 is 2.04 bits per heavy atom. The van der Waals surface area contributed by atoms with E-state index in [-0.39, 0.29) is 11.7 Å². The number of fused-ring (bicyclic) bond motifs is 1. The van der Waals surface area contributed by atoms with E-state index in [0.29, 0.717) is 33.7 Å². The van der Waals surface area contributed by atoms with Crippen LogP contribution in [0.5, 0.6) is 11.5 Å². The molecule has 1 aromatic heterocycles. The quantitative estimate of drug-likeness (QED) is 0.587. The molecular weight excluding hydrogens is 376 g/mol. The van der Waals surface area contributed by atoms with Crippen LogP contribution in [0.3, 0.4) is 0 Å². The molecule has 1 amide bonds. The number of aromatic nitrogens is 1. The van der Waals surface area contributed by atoms with E-state index in [1.807, 2.05) is 31.2 Å². The summed E-state index contributed by atoms with van der Waals surface area (Å²) in [4.78, 5) is 16.8. The van der Waals surface area contributed by atoms with Gasteiger partial charge in [-0.2, -0.15) is 0 Å². The normalized spacial score (nSPS) is 12.0. The average molecular weight is 399 g/mol. The highest BCUT2D eigenvalue weighted by Gasteiger charge is 2.25. The van der Waals surface area contributed by atoms with Crippen LogP contribution in [0.15, 0.2) is 48.7 Å². The number of rotatable bonds is 7. The Balaban J connectivity index is 2.15. The lowest BCUT2D eigenvalue weighted by molar-refractivity contribution is -0.121. The number of hydrogen-bond donors (Lipinski definition) is 2. The standard InChI is InChI=1S/C22H23ClN2O3/c1-3-4-11-19(26)25-20(15-8-5-6-10-18(15)28-2)16-13-17(23)14-9-7-12-24-21(14)22(16)27/h5-10,12-13,20,27H,3-4,11H2,1-2H3,(H,25,26)/t20-/m1/s1. The summed E-state index contributed by atoms with van der Waals surface area (Å²) in [5.74, 6) is 0.501. The molecule has 2 aromatic carbocycles. The first kappa shape index (κ1) is 20.0. The third-order valence-electron chi connectivity index (χ3n) is 4.67. The zero-order valence-electron chi connectivity index (χ0n) is 15.9. The number of methoxy groups -OCH3 is 1. The van der Waals surface area contributed by atoms with Crippen LogP contribution < -0.4 is 10.1 Å². The van der Waals surface area contributed by atoms with Crippen molar-refractivity contribution in [2.45, 2.75) is 32.2 Å². The number of nitrogens with one attached hydrogen (secondary N) is 1. The van der Waals surface area contributed by atoms with Crippen molar-refractivity contribution in [1.82, 2.24) is 10.3 Å². The van der Waals surface area contributed by atoms with Crippen LogP contribution in [-0.4, -0.2) is 23.1 Å². The largest absolute Gasteiger partial charge is 0.505 e. The minimum Gasteiger partial charge on any atom is -0.505 e. The topological polar surface area (TPSA) is 71.5 Å². The summed E-state index contributed by atoms with van der Waals surface area (Å²) >= 11 is 6.46. The van der Waals surface area contributed by atoms with Crippen LogP contribution in [0.4, 0.5) is 0 Å². The van der Waals surface area contributed by atoms with Gasteiger partial charge in [-0.1, -0.05) is 43.1 Å². The lowest BCUT2D eigenvalue weighted by atomic mass is 9.95. The summed E-state index contributed by atoms with van der Waals surface area (Å²) < 4.78 is 5.49. The zero-order valence-corrected chi connectivity index (χ0v) is 16.7. The van der Waals surface area contributed by atoms with Crippen LogP contribution >= 0.6 is 11.6 Å². The zero-order chi connectivity index (χ0) is 20.1. The van der Waals surface area contributed by atoms with Crippen molar-refractivity contribution in [3.8, 4) is 11.5 Å². The van der Waals surface area contributed by atoms with Gasteiger partial charge in [0, 0.05) is 29.1 Å².